The lowest BCUT2D eigenvalue weighted by atomic mass is 10.1. The standard InChI is InChI=1S/C9H9NO4S.C6H14O2.C2H4/c1-14-6-2-3-7-8(11)5-10-15(12,13)9(7)4-6;1-4-7-6(3)8-5-2;1-2/h2-4,10H,5H2,1H3;6H,4-5H2,1-3H3;1-2H2. The van der Waals surface area contributed by atoms with Gasteiger partial charge < -0.3 is 14.2 Å². The number of sulfonamides is 1. The molecule has 1 aromatic rings. The summed E-state index contributed by atoms with van der Waals surface area (Å²) in [6, 6.07) is 4.38. The van der Waals surface area contributed by atoms with E-state index in [-0.39, 0.29) is 29.1 Å². The van der Waals surface area contributed by atoms with Crippen LogP contribution in [-0.4, -0.2) is 47.4 Å². The Morgan fingerprint density at radius 2 is 1.76 bits per heavy atom. The second-order valence-corrected chi connectivity index (χ2v) is 6.32. The summed E-state index contributed by atoms with van der Waals surface area (Å²) in [5, 5.41) is 0. The van der Waals surface area contributed by atoms with Crippen LogP contribution in [-0.2, 0) is 19.5 Å². The quantitative estimate of drug-likeness (QED) is 0.629. The average Bonchev–Trinajstić information content (AvgIpc) is 2.61. The smallest absolute Gasteiger partial charge is 0.241 e. The van der Waals surface area contributed by atoms with Gasteiger partial charge in [-0.25, -0.2) is 13.1 Å². The Labute approximate surface area is 150 Å². The highest BCUT2D eigenvalue weighted by Crippen LogP contribution is 2.24. The van der Waals surface area contributed by atoms with Gasteiger partial charge in [0.2, 0.25) is 10.0 Å². The summed E-state index contributed by atoms with van der Waals surface area (Å²) in [7, 11) is -2.12. The first-order chi connectivity index (χ1) is 11.9. The zero-order valence-electron chi connectivity index (χ0n) is 15.2. The van der Waals surface area contributed by atoms with Gasteiger partial charge in [-0.05, 0) is 32.9 Å². The van der Waals surface area contributed by atoms with Gasteiger partial charge in [0.05, 0.1) is 18.6 Å². The van der Waals surface area contributed by atoms with Gasteiger partial charge in [0.25, 0.3) is 0 Å². The molecule has 1 aliphatic rings. The maximum absolute atomic E-state index is 11.6. The summed E-state index contributed by atoms with van der Waals surface area (Å²) in [6.45, 7) is 13.1. The van der Waals surface area contributed by atoms with Crippen LogP contribution in [0.1, 0.15) is 31.1 Å². The van der Waals surface area contributed by atoms with Crippen molar-refractivity contribution in [3.63, 3.8) is 0 Å². The minimum absolute atomic E-state index is 0.0156. The molecular weight excluding hydrogens is 346 g/mol. The number of carbonyl (C=O) groups is 1. The topological polar surface area (TPSA) is 90.9 Å². The van der Waals surface area contributed by atoms with E-state index in [1.807, 2.05) is 20.8 Å². The van der Waals surface area contributed by atoms with Gasteiger partial charge in [-0.15, -0.1) is 13.2 Å². The first-order valence-electron chi connectivity index (χ1n) is 7.79. The highest BCUT2D eigenvalue weighted by molar-refractivity contribution is 7.89. The van der Waals surface area contributed by atoms with Gasteiger partial charge in [0.15, 0.2) is 12.1 Å². The molecule has 0 saturated heterocycles. The lowest BCUT2D eigenvalue weighted by Gasteiger charge is -2.16. The number of Topliss-reactive ketones (excluding diaryl/α,β-unsaturated/α-hetero) is 1. The summed E-state index contributed by atoms with van der Waals surface area (Å²) in [5.41, 5.74) is 0.217. The summed E-state index contributed by atoms with van der Waals surface area (Å²) in [6.07, 6.45) is -0.0370. The van der Waals surface area contributed by atoms with Gasteiger partial charge in [0.1, 0.15) is 5.75 Å². The molecule has 8 heteroatoms. The van der Waals surface area contributed by atoms with Crippen molar-refractivity contribution < 1.29 is 27.4 Å². The van der Waals surface area contributed by atoms with E-state index in [0.717, 1.165) is 13.2 Å². The number of ether oxygens (including phenoxy) is 3. The normalized spacial score (nSPS) is 14.5. The molecule has 0 fully saturated rings. The van der Waals surface area contributed by atoms with Gasteiger partial charge >= 0.3 is 0 Å². The van der Waals surface area contributed by atoms with E-state index >= 15 is 0 Å². The third-order valence-electron chi connectivity index (χ3n) is 3.00. The molecule has 0 bridgehead atoms. The van der Waals surface area contributed by atoms with E-state index in [0.29, 0.717) is 5.75 Å². The summed E-state index contributed by atoms with van der Waals surface area (Å²) < 4.78 is 40.3. The van der Waals surface area contributed by atoms with Gasteiger partial charge in [0, 0.05) is 24.8 Å². The maximum Gasteiger partial charge on any atom is 0.241 e. The second kappa shape index (κ2) is 11.8. The predicted octanol–water partition coefficient (Wildman–Crippen LogP) is 2.38. The van der Waals surface area contributed by atoms with Crippen molar-refractivity contribution in [3.8, 4) is 5.75 Å². The van der Waals surface area contributed by atoms with E-state index < -0.39 is 10.0 Å². The van der Waals surface area contributed by atoms with E-state index in [4.69, 9.17) is 14.2 Å². The molecule has 0 spiro atoms. The molecule has 1 N–H and O–H groups in total. The molecule has 0 atom stereocenters. The second-order valence-electron chi connectivity index (χ2n) is 4.59. The molecule has 1 heterocycles. The lowest BCUT2D eigenvalue weighted by molar-refractivity contribution is -0.123. The van der Waals surface area contributed by atoms with Crippen molar-refractivity contribution in [2.24, 2.45) is 0 Å². The predicted molar refractivity (Wildman–Crippen MR) is 96.5 cm³/mol. The van der Waals surface area contributed by atoms with E-state index in [9.17, 15) is 13.2 Å². The van der Waals surface area contributed by atoms with Crippen LogP contribution in [0.2, 0.25) is 0 Å². The third kappa shape index (κ3) is 7.35. The molecule has 0 aliphatic carbocycles. The summed E-state index contributed by atoms with van der Waals surface area (Å²) >= 11 is 0. The molecule has 0 amide bonds. The van der Waals surface area contributed by atoms with Crippen molar-refractivity contribution >= 4 is 15.8 Å². The van der Waals surface area contributed by atoms with Gasteiger partial charge in [-0.3, -0.25) is 4.79 Å². The number of hydrogen-bond acceptors (Lipinski definition) is 6. The Morgan fingerprint density at radius 1 is 1.20 bits per heavy atom. The SMILES string of the molecule is C=C.CCOC(C)OCC.COc1ccc2c(c1)S(=O)(=O)NCC2=O. The van der Waals surface area contributed by atoms with E-state index in [1.165, 1.54) is 19.2 Å². The van der Waals surface area contributed by atoms with Crippen LogP contribution in [0, 0.1) is 0 Å². The molecule has 0 radical (unpaired) electrons. The molecule has 1 aromatic carbocycles. The fourth-order valence-electron chi connectivity index (χ4n) is 1.93. The molecule has 0 aromatic heterocycles. The number of rotatable bonds is 5. The number of fused-ring (bicyclic) bond motifs is 1. The van der Waals surface area contributed by atoms with Crippen LogP contribution < -0.4 is 9.46 Å². The number of carbonyl (C=O) groups excluding carboxylic acids is 1. The Kier molecular flexibility index (Phi) is 10.9. The van der Waals surface area contributed by atoms with Crippen LogP contribution in [0.5, 0.6) is 5.75 Å². The first kappa shape index (κ1) is 23.3. The Balaban J connectivity index is 0.000000493. The zero-order valence-corrected chi connectivity index (χ0v) is 16.0. The number of benzene rings is 1. The fraction of sp³-hybridized carbons (Fsp3) is 0.471. The van der Waals surface area contributed by atoms with Crippen molar-refractivity contribution in [1.29, 1.82) is 0 Å². The number of methoxy groups -OCH3 is 1. The maximum atomic E-state index is 11.6. The van der Waals surface area contributed by atoms with Crippen molar-refractivity contribution in [1.82, 2.24) is 4.72 Å². The van der Waals surface area contributed by atoms with Crippen LogP contribution in [0.3, 0.4) is 0 Å². The number of hydrogen-bond donors (Lipinski definition) is 1. The molecule has 0 unspecified atom stereocenters. The lowest BCUT2D eigenvalue weighted by Crippen LogP contribution is -2.36. The molecule has 25 heavy (non-hydrogen) atoms. The number of nitrogens with one attached hydrogen (secondary N) is 1. The highest BCUT2D eigenvalue weighted by Gasteiger charge is 2.28. The van der Waals surface area contributed by atoms with Crippen molar-refractivity contribution in [2.75, 3.05) is 26.9 Å². The van der Waals surface area contributed by atoms with Crippen LogP contribution in [0.4, 0.5) is 0 Å². The summed E-state index contributed by atoms with van der Waals surface area (Å²) in [4.78, 5) is 11.4. The van der Waals surface area contributed by atoms with Gasteiger partial charge in [-0.2, -0.15) is 0 Å². The minimum Gasteiger partial charge on any atom is -0.497 e. The van der Waals surface area contributed by atoms with Crippen molar-refractivity contribution in [2.45, 2.75) is 32.0 Å². The Bertz CT molecular complexity index is 639. The Morgan fingerprint density at radius 3 is 2.24 bits per heavy atom. The first-order valence-corrected chi connectivity index (χ1v) is 9.28. The average molecular weight is 373 g/mol. The molecule has 7 nitrogen and oxygen atoms in total. The molecule has 0 saturated carbocycles. The van der Waals surface area contributed by atoms with Crippen LogP contribution in [0.25, 0.3) is 0 Å². The molecule has 142 valence electrons. The van der Waals surface area contributed by atoms with E-state index in [1.54, 1.807) is 6.07 Å². The zero-order chi connectivity index (χ0) is 19.5. The number of ketones is 1. The molecule has 1 aliphatic heterocycles. The highest BCUT2D eigenvalue weighted by atomic mass is 32.2. The minimum atomic E-state index is -3.56. The molecule has 2 rings (SSSR count). The van der Waals surface area contributed by atoms with Crippen LogP contribution in [0.15, 0.2) is 36.3 Å². The molecular formula is C17H27NO6S. The Hall–Kier alpha value is -1.74. The van der Waals surface area contributed by atoms with E-state index in [2.05, 4.69) is 17.9 Å². The third-order valence-corrected chi connectivity index (χ3v) is 4.45. The largest absolute Gasteiger partial charge is 0.497 e. The van der Waals surface area contributed by atoms with Crippen LogP contribution >= 0.6 is 0 Å². The van der Waals surface area contributed by atoms with Gasteiger partial charge in [-0.1, -0.05) is 0 Å². The summed E-state index contributed by atoms with van der Waals surface area (Å²) in [5.74, 6) is 0.177. The van der Waals surface area contributed by atoms with Crippen molar-refractivity contribution in [3.05, 3.63) is 36.9 Å². The fourth-order valence-corrected chi connectivity index (χ4v) is 3.15. The monoisotopic (exact) mass is 373 g/mol.